The molecule has 0 saturated heterocycles. The summed E-state index contributed by atoms with van der Waals surface area (Å²) in [5, 5.41) is 12.5. The van der Waals surface area contributed by atoms with Crippen LogP contribution < -0.4 is 5.32 Å². The summed E-state index contributed by atoms with van der Waals surface area (Å²) >= 11 is 16.6. The van der Waals surface area contributed by atoms with E-state index < -0.39 is 16.0 Å². The van der Waals surface area contributed by atoms with E-state index in [4.69, 9.17) is 39.9 Å². The lowest BCUT2D eigenvalue weighted by molar-refractivity contribution is 0.0698. The number of rotatable bonds is 2. The summed E-state index contributed by atoms with van der Waals surface area (Å²) in [6.45, 7) is 0. The van der Waals surface area contributed by atoms with Gasteiger partial charge in [0.15, 0.2) is 0 Å². The van der Waals surface area contributed by atoms with Crippen molar-refractivity contribution in [2.24, 2.45) is 0 Å². The Kier molecular flexibility index (Phi) is 4.26. The summed E-state index contributed by atoms with van der Waals surface area (Å²) in [6.07, 6.45) is -1.05. The van der Waals surface area contributed by atoms with Crippen molar-refractivity contribution in [3.8, 4) is 0 Å². The molecular formula is C7H4Cl3NO4S. The number of carboxylic acid groups (broad SMARTS) is 1. The fraction of sp³-hybridized carbons (Fsp3) is 0.143. The van der Waals surface area contributed by atoms with Crippen molar-refractivity contribution >= 4 is 63.2 Å². The predicted octanol–water partition coefficient (Wildman–Crippen LogP) is 3.32. The molecule has 0 aromatic carbocycles. The quantitative estimate of drug-likeness (QED) is 0.822. The molecule has 1 amide bonds. The zero-order valence-corrected chi connectivity index (χ0v) is 10.5. The Labute approximate surface area is 109 Å². The Bertz CT molecular complexity index is 414. The summed E-state index contributed by atoms with van der Waals surface area (Å²) < 4.78 is 2.12. The summed E-state index contributed by atoms with van der Waals surface area (Å²) in [7, 11) is 0. The van der Waals surface area contributed by atoms with Crippen molar-refractivity contribution in [2.45, 2.75) is 3.98 Å². The molecule has 0 spiro atoms. The molecule has 0 fully saturated rings. The van der Waals surface area contributed by atoms with Gasteiger partial charge in [-0.05, 0) is 46.2 Å². The molecule has 0 atom stereocenters. The van der Waals surface area contributed by atoms with Crippen LogP contribution in [0.25, 0.3) is 0 Å². The van der Waals surface area contributed by atoms with Crippen molar-refractivity contribution in [1.29, 1.82) is 0 Å². The minimum atomic E-state index is -2.19. The number of anilines is 1. The first kappa shape index (κ1) is 13.4. The van der Waals surface area contributed by atoms with Crippen LogP contribution in [-0.2, 0) is 4.74 Å². The summed E-state index contributed by atoms with van der Waals surface area (Å²) in [6, 6.07) is 1.33. The van der Waals surface area contributed by atoms with Gasteiger partial charge >= 0.3 is 16.0 Å². The van der Waals surface area contributed by atoms with E-state index in [2.05, 4.69) is 10.1 Å². The molecule has 88 valence electrons. The van der Waals surface area contributed by atoms with Crippen molar-refractivity contribution < 1.29 is 19.4 Å². The molecule has 9 heteroatoms. The number of thiophene rings is 1. The fourth-order valence-corrected chi connectivity index (χ4v) is 1.77. The van der Waals surface area contributed by atoms with E-state index in [0.29, 0.717) is 0 Å². The minimum Gasteiger partial charge on any atom is -0.478 e. The zero-order valence-electron chi connectivity index (χ0n) is 7.37. The number of halogens is 3. The van der Waals surface area contributed by atoms with Crippen LogP contribution in [0.4, 0.5) is 9.80 Å². The van der Waals surface area contributed by atoms with Crippen LogP contribution in [0.3, 0.4) is 0 Å². The second-order valence-corrected chi connectivity index (χ2v) is 5.52. The Hall–Kier alpha value is -0.690. The predicted molar refractivity (Wildman–Crippen MR) is 61.7 cm³/mol. The number of alkyl halides is 3. The van der Waals surface area contributed by atoms with E-state index in [-0.39, 0.29) is 10.6 Å². The van der Waals surface area contributed by atoms with E-state index in [0.717, 1.165) is 11.3 Å². The molecule has 2 N–H and O–H groups in total. The molecule has 1 rings (SSSR count). The van der Waals surface area contributed by atoms with Crippen LogP contribution in [0.15, 0.2) is 11.4 Å². The normalized spacial score (nSPS) is 10.9. The van der Waals surface area contributed by atoms with Gasteiger partial charge in [0.05, 0.1) is 5.56 Å². The number of hydrogen-bond acceptors (Lipinski definition) is 4. The van der Waals surface area contributed by atoms with Crippen LogP contribution in [0.1, 0.15) is 10.4 Å². The second kappa shape index (κ2) is 5.09. The number of aromatic carboxylic acids is 1. The number of carbonyl (C=O) groups excluding carboxylic acids is 1. The Morgan fingerprint density at radius 1 is 1.44 bits per heavy atom. The van der Waals surface area contributed by atoms with Crippen molar-refractivity contribution in [3.05, 3.63) is 17.0 Å². The van der Waals surface area contributed by atoms with Gasteiger partial charge in [0, 0.05) is 0 Å². The van der Waals surface area contributed by atoms with Gasteiger partial charge in [-0.25, -0.2) is 9.59 Å². The molecule has 0 aliphatic rings. The van der Waals surface area contributed by atoms with Gasteiger partial charge in [0.25, 0.3) is 0 Å². The summed E-state index contributed by atoms with van der Waals surface area (Å²) in [5.41, 5.74) is -0.0636. The number of ether oxygens (including phenoxy) is 1. The smallest absolute Gasteiger partial charge is 0.415 e. The highest BCUT2D eigenvalue weighted by Crippen LogP contribution is 2.29. The standard InChI is InChI=1S/C7H4Cl3NO4S/c8-7(9,10)15-6(14)11-4-3(5(12)13)1-2-16-4/h1-2H,(H,11,14)(H,12,13). The van der Waals surface area contributed by atoms with Gasteiger partial charge < -0.3 is 9.84 Å². The fourth-order valence-electron chi connectivity index (χ4n) is 0.798. The Morgan fingerprint density at radius 2 is 2.06 bits per heavy atom. The molecule has 5 nitrogen and oxygen atoms in total. The molecule has 0 unspecified atom stereocenters. The first-order valence-electron chi connectivity index (χ1n) is 3.67. The highest BCUT2D eigenvalue weighted by molar-refractivity contribution is 7.14. The second-order valence-electron chi connectivity index (χ2n) is 2.43. The van der Waals surface area contributed by atoms with Gasteiger partial charge in [0.2, 0.25) is 0 Å². The van der Waals surface area contributed by atoms with E-state index in [1.54, 1.807) is 0 Å². The first-order chi connectivity index (χ1) is 7.29. The van der Waals surface area contributed by atoms with Crippen LogP contribution in [0, 0.1) is 0 Å². The molecule has 1 aromatic heterocycles. The maximum Gasteiger partial charge on any atom is 0.415 e. The van der Waals surface area contributed by atoms with Crippen molar-refractivity contribution in [3.63, 3.8) is 0 Å². The third kappa shape index (κ3) is 4.05. The third-order valence-electron chi connectivity index (χ3n) is 1.32. The van der Waals surface area contributed by atoms with Crippen LogP contribution in [0.5, 0.6) is 0 Å². The first-order valence-corrected chi connectivity index (χ1v) is 5.68. The minimum absolute atomic E-state index is 0.0636. The lowest BCUT2D eigenvalue weighted by atomic mass is 10.3. The number of amides is 1. The molecule has 0 aliphatic heterocycles. The number of carbonyl (C=O) groups is 2. The third-order valence-corrected chi connectivity index (χ3v) is 2.38. The van der Waals surface area contributed by atoms with Gasteiger partial charge in [0.1, 0.15) is 5.00 Å². The van der Waals surface area contributed by atoms with Gasteiger partial charge in [-0.2, -0.15) is 0 Å². The molecule has 1 aromatic rings. The highest BCUT2D eigenvalue weighted by Gasteiger charge is 2.26. The van der Waals surface area contributed by atoms with E-state index in [9.17, 15) is 9.59 Å². The maximum absolute atomic E-state index is 11.1. The SMILES string of the molecule is O=C(Nc1sccc1C(=O)O)OC(Cl)(Cl)Cl. The average molecular weight is 305 g/mol. The zero-order chi connectivity index (χ0) is 12.3. The number of nitrogens with one attached hydrogen (secondary N) is 1. The molecular weight excluding hydrogens is 301 g/mol. The van der Waals surface area contributed by atoms with Crippen LogP contribution in [-0.4, -0.2) is 21.1 Å². The van der Waals surface area contributed by atoms with E-state index >= 15 is 0 Å². The lowest BCUT2D eigenvalue weighted by Gasteiger charge is -2.12. The maximum atomic E-state index is 11.1. The Balaban J connectivity index is 2.70. The van der Waals surface area contributed by atoms with Gasteiger partial charge in [-0.15, -0.1) is 11.3 Å². The Morgan fingerprint density at radius 3 is 2.56 bits per heavy atom. The number of hydrogen-bond donors (Lipinski definition) is 2. The van der Waals surface area contributed by atoms with Gasteiger partial charge in [-0.1, -0.05) is 0 Å². The molecule has 0 radical (unpaired) electrons. The monoisotopic (exact) mass is 303 g/mol. The molecule has 1 heterocycles. The summed E-state index contributed by atoms with van der Waals surface area (Å²) in [4.78, 5) is 21.8. The van der Waals surface area contributed by atoms with Gasteiger partial charge in [-0.3, -0.25) is 5.32 Å². The average Bonchev–Trinajstić information content (AvgIpc) is 2.47. The van der Waals surface area contributed by atoms with E-state index in [1.165, 1.54) is 11.4 Å². The largest absolute Gasteiger partial charge is 0.478 e. The topological polar surface area (TPSA) is 75.6 Å². The summed E-state index contributed by atoms with van der Waals surface area (Å²) in [5.74, 6) is -1.18. The van der Waals surface area contributed by atoms with Crippen molar-refractivity contribution in [2.75, 3.05) is 5.32 Å². The lowest BCUT2D eigenvalue weighted by Crippen LogP contribution is -2.21. The van der Waals surface area contributed by atoms with Crippen LogP contribution >= 0.6 is 46.1 Å². The number of carboxylic acids is 1. The highest BCUT2D eigenvalue weighted by atomic mass is 35.6. The van der Waals surface area contributed by atoms with Crippen LogP contribution in [0.2, 0.25) is 0 Å². The molecule has 0 aliphatic carbocycles. The molecule has 0 saturated carbocycles. The van der Waals surface area contributed by atoms with E-state index in [1.807, 2.05) is 0 Å². The molecule has 16 heavy (non-hydrogen) atoms. The molecule has 0 bridgehead atoms. The van der Waals surface area contributed by atoms with Crippen molar-refractivity contribution in [1.82, 2.24) is 0 Å².